The molecule has 1 aliphatic heterocycles. The smallest absolute Gasteiger partial charge is 0.305 e. The Kier molecular flexibility index (Phi) is 8.57. The molecule has 208 valence electrons. The molecular weight excluding hydrogens is 520 g/mol. The first-order valence-corrected chi connectivity index (χ1v) is 12.8. The second kappa shape index (κ2) is 12.1. The quantitative estimate of drug-likeness (QED) is 0.459. The first kappa shape index (κ1) is 28.4. The maximum atomic E-state index is 14.0. The molecule has 1 aliphatic rings. The molecule has 2 unspecified atom stereocenters. The number of hydrogen-bond donors (Lipinski definition) is 2. The molecule has 3 aromatic rings. The first-order chi connectivity index (χ1) is 19.0. The number of aliphatic carboxylic acids is 1. The number of carboxylic acid groups (broad SMARTS) is 1. The summed E-state index contributed by atoms with van der Waals surface area (Å²) in [5.41, 5.74) is 2.17. The summed E-state index contributed by atoms with van der Waals surface area (Å²) >= 11 is 0. The molecule has 10 heteroatoms. The number of carbonyl (C=O) groups excluding carboxylic acids is 3. The zero-order valence-electron chi connectivity index (χ0n) is 22.1. The summed E-state index contributed by atoms with van der Waals surface area (Å²) in [6.07, 6.45) is -1.64. The maximum Gasteiger partial charge on any atom is 0.305 e. The van der Waals surface area contributed by atoms with Crippen LogP contribution in [-0.4, -0.2) is 57.9 Å². The van der Waals surface area contributed by atoms with Gasteiger partial charge >= 0.3 is 5.97 Å². The van der Waals surface area contributed by atoms with Crippen molar-refractivity contribution in [3.05, 3.63) is 106 Å². The van der Waals surface area contributed by atoms with Gasteiger partial charge < -0.3 is 20.2 Å². The monoisotopic (exact) mass is 549 g/mol. The number of carboxylic acids is 1. The largest absolute Gasteiger partial charge is 0.481 e. The predicted octanol–water partition coefficient (Wildman–Crippen LogP) is 4.23. The molecule has 0 saturated carbocycles. The molecule has 8 nitrogen and oxygen atoms in total. The number of rotatable bonds is 7. The van der Waals surface area contributed by atoms with Gasteiger partial charge in [0, 0.05) is 30.3 Å². The zero-order chi connectivity index (χ0) is 29.0. The molecule has 1 heterocycles. The summed E-state index contributed by atoms with van der Waals surface area (Å²) in [5.74, 6) is -5.24. The highest BCUT2D eigenvalue weighted by Crippen LogP contribution is 2.25. The third-order valence-electron chi connectivity index (χ3n) is 6.66. The summed E-state index contributed by atoms with van der Waals surface area (Å²) in [6, 6.07) is 15.1. The van der Waals surface area contributed by atoms with Crippen LogP contribution in [-0.2, 0) is 9.59 Å². The number of nitrogens with zero attached hydrogens (tertiary/aromatic N) is 2. The van der Waals surface area contributed by atoms with Crippen molar-refractivity contribution in [1.82, 2.24) is 15.1 Å². The van der Waals surface area contributed by atoms with Gasteiger partial charge in [-0.25, -0.2) is 8.78 Å². The van der Waals surface area contributed by atoms with E-state index in [4.69, 9.17) is 0 Å². The number of nitrogens with one attached hydrogen (secondary N) is 1. The Labute approximate surface area is 230 Å². The van der Waals surface area contributed by atoms with E-state index in [1.807, 2.05) is 26.0 Å². The van der Waals surface area contributed by atoms with Crippen LogP contribution in [0, 0.1) is 25.5 Å². The molecular formula is C30H29F2N3O5. The fourth-order valence-corrected chi connectivity index (χ4v) is 4.88. The molecule has 4 rings (SSSR count). The Morgan fingerprint density at radius 2 is 1.43 bits per heavy atom. The topological polar surface area (TPSA) is 107 Å². The normalized spacial score (nSPS) is 15.8. The van der Waals surface area contributed by atoms with E-state index >= 15 is 0 Å². The summed E-state index contributed by atoms with van der Waals surface area (Å²) in [4.78, 5) is 55.1. The SMILES string of the molecule is Cc1cccc(C(=O)N2CCCN(C(=O)c3cc(F)cc(F)c3)C2C(=O)NC(CC(=O)O)c2cccc(C)c2)c1. The molecule has 3 aromatic carbocycles. The van der Waals surface area contributed by atoms with Gasteiger partial charge in [0.25, 0.3) is 17.7 Å². The lowest BCUT2D eigenvalue weighted by Crippen LogP contribution is -2.63. The van der Waals surface area contributed by atoms with Crippen molar-refractivity contribution in [3.63, 3.8) is 0 Å². The minimum absolute atomic E-state index is 0.0285. The van der Waals surface area contributed by atoms with Crippen LogP contribution < -0.4 is 5.32 Å². The minimum atomic E-state index is -1.50. The molecule has 2 atom stereocenters. The highest BCUT2D eigenvalue weighted by Gasteiger charge is 2.42. The van der Waals surface area contributed by atoms with Gasteiger partial charge in [-0.1, -0.05) is 47.5 Å². The molecule has 0 aromatic heterocycles. The maximum absolute atomic E-state index is 14.0. The fraction of sp³-hybridized carbons (Fsp3) is 0.267. The Hall–Kier alpha value is -4.60. The van der Waals surface area contributed by atoms with E-state index in [0.29, 0.717) is 23.6 Å². The molecule has 0 bridgehead atoms. The Balaban J connectivity index is 1.74. The summed E-state index contributed by atoms with van der Waals surface area (Å²) < 4.78 is 28.0. The Morgan fingerprint density at radius 1 is 0.850 bits per heavy atom. The molecule has 0 aliphatic carbocycles. The average molecular weight is 550 g/mol. The van der Waals surface area contributed by atoms with Crippen LogP contribution in [0.3, 0.4) is 0 Å². The minimum Gasteiger partial charge on any atom is -0.481 e. The van der Waals surface area contributed by atoms with Crippen LogP contribution in [0.5, 0.6) is 0 Å². The lowest BCUT2D eigenvalue weighted by Gasteiger charge is -2.43. The summed E-state index contributed by atoms with van der Waals surface area (Å²) in [6.45, 7) is 3.79. The van der Waals surface area contributed by atoms with E-state index in [-0.39, 0.29) is 18.7 Å². The predicted molar refractivity (Wildman–Crippen MR) is 142 cm³/mol. The average Bonchev–Trinajstić information content (AvgIpc) is 2.90. The van der Waals surface area contributed by atoms with E-state index in [2.05, 4.69) is 5.32 Å². The highest BCUT2D eigenvalue weighted by molar-refractivity contribution is 6.01. The first-order valence-electron chi connectivity index (χ1n) is 12.8. The summed E-state index contributed by atoms with van der Waals surface area (Å²) in [5, 5.41) is 12.3. The van der Waals surface area contributed by atoms with Gasteiger partial charge in [0.05, 0.1) is 12.5 Å². The van der Waals surface area contributed by atoms with Gasteiger partial charge in [-0.2, -0.15) is 0 Å². The van der Waals surface area contributed by atoms with Crippen LogP contribution in [0.4, 0.5) is 8.78 Å². The number of hydrogen-bond acceptors (Lipinski definition) is 4. The van der Waals surface area contributed by atoms with Crippen LogP contribution >= 0.6 is 0 Å². The molecule has 0 spiro atoms. The van der Waals surface area contributed by atoms with Crippen molar-refractivity contribution >= 4 is 23.7 Å². The fourth-order valence-electron chi connectivity index (χ4n) is 4.88. The van der Waals surface area contributed by atoms with Crippen LogP contribution in [0.25, 0.3) is 0 Å². The van der Waals surface area contributed by atoms with Crippen molar-refractivity contribution in [3.8, 4) is 0 Å². The standard InChI is InChI=1S/C30H29F2N3O5/c1-18-6-3-8-20(12-18)25(17-26(36)37)33-27(38)28-34(29(39)21-9-4-7-19(2)13-21)10-5-11-35(28)30(40)22-14-23(31)16-24(32)15-22/h3-4,6-9,12-16,25,28H,5,10-11,17H2,1-2H3,(H,33,38)(H,36,37). The molecule has 3 amide bonds. The van der Waals surface area contributed by atoms with E-state index in [1.165, 1.54) is 4.90 Å². The third-order valence-corrected chi connectivity index (χ3v) is 6.66. The molecule has 1 saturated heterocycles. The van der Waals surface area contributed by atoms with Gasteiger partial charge in [0.1, 0.15) is 11.6 Å². The van der Waals surface area contributed by atoms with Gasteiger partial charge in [0.2, 0.25) is 0 Å². The van der Waals surface area contributed by atoms with Gasteiger partial charge in [-0.15, -0.1) is 0 Å². The second-order valence-corrected chi connectivity index (χ2v) is 9.83. The van der Waals surface area contributed by atoms with Crippen LogP contribution in [0.15, 0.2) is 66.7 Å². The molecule has 2 N–H and O–H groups in total. The second-order valence-electron chi connectivity index (χ2n) is 9.83. The number of aryl methyl sites for hydroxylation is 2. The van der Waals surface area contributed by atoms with E-state index in [1.54, 1.807) is 36.4 Å². The van der Waals surface area contributed by atoms with Gasteiger partial charge in [-0.3, -0.25) is 19.2 Å². The van der Waals surface area contributed by atoms with Crippen LogP contribution in [0.1, 0.15) is 56.3 Å². The van der Waals surface area contributed by atoms with Crippen molar-refractivity contribution < 1.29 is 33.1 Å². The van der Waals surface area contributed by atoms with Crippen LogP contribution in [0.2, 0.25) is 0 Å². The molecule has 1 fully saturated rings. The van der Waals surface area contributed by atoms with Crippen molar-refractivity contribution in [2.45, 2.75) is 38.9 Å². The van der Waals surface area contributed by atoms with Crippen molar-refractivity contribution in [2.75, 3.05) is 13.1 Å². The van der Waals surface area contributed by atoms with E-state index in [9.17, 15) is 33.1 Å². The number of carbonyl (C=O) groups is 4. The lowest BCUT2D eigenvalue weighted by atomic mass is 10.0. The van der Waals surface area contributed by atoms with Crippen molar-refractivity contribution in [1.29, 1.82) is 0 Å². The third kappa shape index (κ3) is 6.51. The van der Waals surface area contributed by atoms with E-state index < -0.39 is 54.0 Å². The van der Waals surface area contributed by atoms with Gasteiger partial charge in [-0.05, 0) is 50.1 Å². The number of benzene rings is 3. The Bertz CT molecular complexity index is 1440. The molecule has 40 heavy (non-hydrogen) atoms. The lowest BCUT2D eigenvalue weighted by molar-refractivity contribution is -0.138. The van der Waals surface area contributed by atoms with Gasteiger partial charge in [0.15, 0.2) is 6.17 Å². The Morgan fingerprint density at radius 3 is 2.00 bits per heavy atom. The number of amides is 3. The molecule has 0 radical (unpaired) electrons. The van der Waals surface area contributed by atoms with E-state index in [0.717, 1.165) is 28.2 Å². The summed E-state index contributed by atoms with van der Waals surface area (Å²) in [7, 11) is 0. The number of halogens is 2. The zero-order valence-corrected chi connectivity index (χ0v) is 22.1. The highest BCUT2D eigenvalue weighted by atomic mass is 19.1. The van der Waals surface area contributed by atoms with Crippen molar-refractivity contribution in [2.24, 2.45) is 0 Å².